The van der Waals surface area contributed by atoms with E-state index < -0.39 is 12.0 Å². The lowest BCUT2D eigenvalue weighted by Gasteiger charge is -2.27. The Morgan fingerprint density at radius 3 is 3.00 bits per heavy atom. The summed E-state index contributed by atoms with van der Waals surface area (Å²) in [4.78, 5) is 29.3. The number of carboxylic acid groups (broad SMARTS) is 1. The van der Waals surface area contributed by atoms with Crippen molar-refractivity contribution in [1.82, 2.24) is 15.2 Å². The lowest BCUT2D eigenvalue weighted by atomic mass is 10.1. The van der Waals surface area contributed by atoms with Crippen LogP contribution in [0.5, 0.6) is 0 Å². The maximum absolute atomic E-state index is 12.3. The van der Waals surface area contributed by atoms with Gasteiger partial charge in [-0.05, 0) is 12.8 Å². The highest BCUT2D eigenvalue weighted by Crippen LogP contribution is 2.19. The summed E-state index contributed by atoms with van der Waals surface area (Å²) in [6.45, 7) is 2.97. The second-order valence-corrected chi connectivity index (χ2v) is 6.28. The molecule has 0 bridgehead atoms. The molecule has 1 aromatic rings. The zero-order chi connectivity index (χ0) is 15.2. The van der Waals surface area contributed by atoms with E-state index in [9.17, 15) is 14.7 Å². The number of nitrogens with zero attached hydrogens (tertiary/aromatic N) is 2. The molecule has 2 rings (SSSR count). The van der Waals surface area contributed by atoms with E-state index in [1.54, 1.807) is 17.5 Å². The van der Waals surface area contributed by atoms with E-state index in [-0.39, 0.29) is 11.9 Å². The zero-order valence-corrected chi connectivity index (χ0v) is 12.9. The van der Waals surface area contributed by atoms with Crippen molar-refractivity contribution in [2.24, 2.45) is 0 Å². The Morgan fingerprint density at radius 1 is 1.52 bits per heavy atom. The van der Waals surface area contributed by atoms with E-state index in [1.165, 1.54) is 4.90 Å². The molecule has 0 radical (unpaired) electrons. The minimum absolute atomic E-state index is 0.129. The van der Waals surface area contributed by atoms with Crippen molar-refractivity contribution in [2.75, 3.05) is 13.1 Å². The fourth-order valence-electron chi connectivity index (χ4n) is 2.52. The Labute approximate surface area is 128 Å². The number of urea groups is 1. The van der Waals surface area contributed by atoms with Crippen molar-refractivity contribution in [2.45, 2.75) is 44.6 Å². The molecule has 7 heteroatoms. The van der Waals surface area contributed by atoms with Crippen LogP contribution in [0.2, 0.25) is 0 Å². The highest BCUT2D eigenvalue weighted by atomic mass is 32.1. The van der Waals surface area contributed by atoms with Gasteiger partial charge >= 0.3 is 12.0 Å². The minimum Gasteiger partial charge on any atom is -0.480 e. The molecule has 2 unspecified atom stereocenters. The Balaban J connectivity index is 1.92. The second kappa shape index (κ2) is 7.40. The molecule has 2 amide bonds. The number of likely N-dealkylation sites (tertiary alicyclic amines) is 1. The average Bonchev–Trinajstić information content (AvgIpc) is 2.88. The Hall–Kier alpha value is -1.63. The van der Waals surface area contributed by atoms with E-state index in [1.807, 2.05) is 12.3 Å². The van der Waals surface area contributed by atoms with Crippen LogP contribution in [0, 0.1) is 0 Å². The summed E-state index contributed by atoms with van der Waals surface area (Å²) in [6.07, 6.45) is 4.97. The molecular formula is C14H21N3O3S. The number of amides is 2. The van der Waals surface area contributed by atoms with Crippen LogP contribution in [-0.4, -0.2) is 46.1 Å². The van der Waals surface area contributed by atoms with Crippen molar-refractivity contribution in [3.63, 3.8) is 0 Å². The standard InChI is InChI=1S/C14H21N3O3S/c1-10(12-15-6-8-21-12)9-16-14(20)17-7-4-2-3-5-11(17)13(18)19/h6,8,10-11H,2-5,7,9H2,1H3,(H,16,20)(H,18,19). The number of aliphatic carboxylic acids is 1. The van der Waals surface area contributed by atoms with Gasteiger partial charge in [-0.15, -0.1) is 11.3 Å². The maximum Gasteiger partial charge on any atom is 0.326 e. The number of carboxylic acids is 1. The van der Waals surface area contributed by atoms with Crippen molar-refractivity contribution in [3.8, 4) is 0 Å². The smallest absolute Gasteiger partial charge is 0.326 e. The summed E-state index contributed by atoms with van der Waals surface area (Å²) in [5.74, 6) is -0.788. The summed E-state index contributed by atoms with van der Waals surface area (Å²) in [5.41, 5.74) is 0. The molecule has 6 nitrogen and oxygen atoms in total. The van der Waals surface area contributed by atoms with Gasteiger partial charge in [-0.2, -0.15) is 0 Å². The number of nitrogens with one attached hydrogen (secondary N) is 1. The van der Waals surface area contributed by atoms with Crippen molar-refractivity contribution in [3.05, 3.63) is 16.6 Å². The fraction of sp³-hybridized carbons (Fsp3) is 0.643. The molecule has 0 aromatic carbocycles. The first-order valence-corrected chi connectivity index (χ1v) is 8.14. The van der Waals surface area contributed by atoms with Gasteiger partial charge < -0.3 is 15.3 Å². The maximum atomic E-state index is 12.3. The summed E-state index contributed by atoms with van der Waals surface area (Å²) in [7, 11) is 0. The normalized spacial score (nSPS) is 20.6. The van der Waals surface area contributed by atoms with Crippen LogP contribution in [0.3, 0.4) is 0 Å². The van der Waals surface area contributed by atoms with Crippen LogP contribution >= 0.6 is 11.3 Å². The molecule has 2 atom stereocenters. The molecule has 0 aliphatic carbocycles. The zero-order valence-electron chi connectivity index (χ0n) is 12.1. The third-order valence-corrected chi connectivity index (χ3v) is 4.74. The molecule has 2 N–H and O–H groups in total. The summed E-state index contributed by atoms with van der Waals surface area (Å²) in [5, 5.41) is 15.0. The number of hydrogen-bond donors (Lipinski definition) is 2. The first-order valence-electron chi connectivity index (χ1n) is 7.26. The van der Waals surface area contributed by atoms with Gasteiger partial charge in [-0.3, -0.25) is 0 Å². The van der Waals surface area contributed by atoms with Gasteiger partial charge in [0, 0.05) is 30.6 Å². The largest absolute Gasteiger partial charge is 0.480 e. The third-order valence-electron chi connectivity index (χ3n) is 3.73. The van der Waals surface area contributed by atoms with Crippen molar-refractivity contribution >= 4 is 23.3 Å². The van der Waals surface area contributed by atoms with Crippen LogP contribution in [0.15, 0.2) is 11.6 Å². The SMILES string of the molecule is CC(CNC(=O)N1CCCCCC1C(=O)O)c1nccs1. The van der Waals surface area contributed by atoms with Crippen LogP contribution in [-0.2, 0) is 4.79 Å². The Morgan fingerprint density at radius 2 is 2.33 bits per heavy atom. The quantitative estimate of drug-likeness (QED) is 0.893. The van der Waals surface area contributed by atoms with E-state index in [0.29, 0.717) is 19.5 Å². The Kier molecular flexibility index (Phi) is 5.55. The lowest BCUT2D eigenvalue weighted by molar-refractivity contribution is -0.142. The van der Waals surface area contributed by atoms with E-state index in [2.05, 4.69) is 10.3 Å². The first kappa shape index (κ1) is 15.8. The van der Waals surface area contributed by atoms with E-state index in [0.717, 1.165) is 24.3 Å². The van der Waals surface area contributed by atoms with Crippen LogP contribution in [0.4, 0.5) is 4.79 Å². The molecule has 0 saturated carbocycles. The van der Waals surface area contributed by atoms with Gasteiger partial charge in [-0.1, -0.05) is 19.8 Å². The monoisotopic (exact) mass is 311 g/mol. The molecule has 21 heavy (non-hydrogen) atoms. The van der Waals surface area contributed by atoms with Crippen LogP contribution in [0.1, 0.15) is 43.5 Å². The average molecular weight is 311 g/mol. The molecule has 1 aliphatic rings. The molecule has 1 aliphatic heterocycles. The summed E-state index contributed by atoms with van der Waals surface area (Å²) < 4.78 is 0. The van der Waals surface area contributed by atoms with Crippen LogP contribution in [0.25, 0.3) is 0 Å². The van der Waals surface area contributed by atoms with Gasteiger partial charge in [-0.25, -0.2) is 14.6 Å². The van der Waals surface area contributed by atoms with E-state index >= 15 is 0 Å². The van der Waals surface area contributed by atoms with Gasteiger partial charge in [0.25, 0.3) is 0 Å². The topological polar surface area (TPSA) is 82.5 Å². The van der Waals surface area contributed by atoms with Crippen LogP contribution < -0.4 is 5.32 Å². The minimum atomic E-state index is -0.917. The van der Waals surface area contributed by atoms with Gasteiger partial charge in [0.2, 0.25) is 0 Å². The molecule has 1 fully saturated rings. The van der Waals surface area contributed by atoms with Crippen molar-refractivity contribution < 1.29 is 14.7 Å². The van der Waals surface area contributed by atoms with Crippen molar-refractivity contribution in [1.29, 1.82) is 0 Å². The Bertz CT molecular complexity index is 478. The number of carbonyl (C=O) groups is 2. The molecule has 0 spiro atoms. The first-order chi connectivity index (χ1) is 10.1. The molecule has 1 saturated heterocycles. The summed E-state index contributed by atoms with van der Waals surface area (Å²) >= 11 is 1.56. The van der Waals surface area contributed by atoms with Gasteiger partial charge in [0.15, 0.2) is 0 Å². The molecule has 1 aromatic heterocycles. The fourth-order valence-corrected chi connectivity index (χ4v) is 3.21. The predicted octanol–water partition coefficient (Wildman–Crippen LogP) is 2.29. The second-order valence-electron chi connectivity index (χ2n) is 5.35. The summed E-state index contributed by atoms with van der Waals surface area (Å²) in [6, 6.07) is -0.990. The molecule has 2 heterocycles. The number of carbonyl (C=O) groups excluding carboxylic acids is 1. The predicted molar refractivity (Wildman–Crippen MR) is 80.5 cm³/mol. The number of rotatable bonds is 4. The molecular weight excluding hydrogens is 290 g/mol. The highest BCUT2D eigenvalue weighted by Gasteiger charge is 2.30. The number of thiazole rings is 1. The highest BCUT2D eigenvalue weighted by molar-refractivity contribution is 7.09. The van der Waals surface area contributed by atoms with Gasteiger partial charge in [0.1, 0.15) is 6.04 Å². The number of hydrogen-bond acceptors (Lipinski definition) is 4. The van der Waals surface area contributed by atoms with E-state index in [4.69, 9.17) is 0 Å². The number of aromatic nitrogens is 1. The van der Waals surface area contributed by atoms with Gasteiger partial charge in [0.05, 0.1) is 5.01 Å². The third kappa shape index (κ3) is 4.17. The lowest BCUT2D eigenvalue weighted by Crippen LogP contribution is -2.49. The molecule has 116 valence electrons.